The molecule has 5 heterocycles. The van der Waals surface area contributed by atoms with Crippen LogP contribution in [-0.2, 0) is 21.2 Å². The Balaban J connectivity index is 0.938. The molecular weight excluding hydrogens is 874 g/mol. The Hall–Kier alpha value is -4.97. The van der Waals surface area contributed by atoms with Crippen molar-refractivity contribution in [1.82, 2.24) is 24.5 Å². The van der Waals surface area contributed by atoms with Gasteiger partial charge in [0.1, 0.15) is 17.1 Å². The second-order valence-electron chi connectivity index (χ2n) is 18.0. The van der Waals surface area contributed by atoms with Gasteiger partial charge >= 0.3 is 0 Å². The molecule has 3 aliphatic heterocycles. The molecule has 64 heavy (non-hydrogen) atoms. The number of aromatic amines is 1. The number of amides is 1. The minimum Gasteiger partial charge on any atom is -0.455 e. The van der Waals surface area contributed by atoms with Crippen molar-refractivity contribution in [2.24, 2.45) is 11.3 Å². The normalized spacial score (nSPS) is 19.7. The molecule has 17 heteroatoms. The number of aromatic nitrogens is 2. The highest BCUT2D eigenvalue weighted by Gasteiger charge is 2.33. The quantitative estimate of drug-likeness (QED) is 0.0909. The van der Waals surface area contributed by atoms with Gasteiger partial charge in [-0.05, 0) is 90.6 Å². The van der Waals surface area contributed by atoms with Gasteiger partial charge in [0.15, 0.2) is 0 Å². The van der Waals surface area contributed by atoms with Crippen LogP contribution in [0, 0.1) is 21.4 Å². The largest absolute Gasteiger partial charge is 0.455 e. The van der Waals surface area contributed by atoms with E-state index < -0.39 is 20.9 Å². The summed E-state index contributed by atoms with van der Waals surface area (Å²) in [6.45, 7) is 12.4. The molecule has 5 aromatic rings. The van der Waals surface area contributed by atoms with E-state index in [1.165, 1.54) is 40.7 Å². The molecule has 336 valence electrons. The summed E-state index contributed by atoms with van der Waals surface area (Å²) >= 11 is 7.66. The number of pyridine rings is 1. The van der Waals surface area contributed by atoms with E-state index in [0.29, 0.717) is 47.2 Å². The Morgan fingerprint density at radius 1 is 1.03 bits per heavy atom. The van der Waals surface area contributed by atoms with E-state index in [2.05, 4.69) is 55.4 Å². The number of ether oxygens (including phenoxy) is 2. The van der Waals surface area contributed by atoms with E-state index >= 15 is 0 Å². The molecule has 1 amide bonds. The average Bonchev–Trinajstić information content (AvgIpc) is 3.75. The monoisotopic (exact) mass is 925 g/mol. The second kappa shape index (κ2) is 18.5. The number of rotatable bonds is 12. The van der Waals surface area contributed by atoms with Crippen molar-refractivity contribution in [3.05, 3.63) is 117 Å². The van der Waals surface area contributed by atoms with Crippen molar-refractivity contribution in [2.45, 2.75) is 49.3 Å². The number of carbonyl (C=O) groups excluding carboxylic acids is 1. The maximum atomic E-state index is 14.1. The van der Waals surface area contributed by atoms with Crippen LogP contribution in [-0.4, -0.2) is 110 Å². The van der Waals surface area contributed by atoms with E-state index in [0.717, 1.165) is 93.8 Å². The van der Waals surface area contributed by atoms with E-state index in [4.69, 9.17) is 21.1 Å². The number of thioether (sulfide) groups is 1. The summed E-state index contributed by atoms with van der Waals surface area (Å²) in [5.74, 6) is 0.424. The number of fused-ring (bicyclic) bond motifs is 2. The SMILES string of the molecule is CC1(C)CCC(CN2CCN(c3ccc(C(=O)NS(=O)(=O)c4cc5c(c([N+](=O)[O-])c4)C[C@@H](CN4CCOCC4)CS5)c(Oc4cnc5[nH]ccc5c4)c3)CC2)=C(c2ccc(Cl)cc2)C1. The third-order valence-corrected chi connectivity index (χ3v) is 15.7. The molecule has 2 N–H and O–H groups in total. The zero-order valence-corrected chi connectivity index (χ0v) is 38.4. The zero-order chi connectivity index (χ0) is 44.6. The van der Waals surface area contributed by atoms with Crippen LogP contribution in [0.5, 0.6) is 11.5 Å². The van der Waals surface area contributed by atoms with Gasteiger partial charge in [-0.15, -0.1) is 11.8 Å². The average molecular weight is 927 g/mol. The Labute approximate surface area is 382 Å². The Morgan fingerprint density at radius 3 is 2.58 bits per heavy atom. The predicted octanol–water partition coefficient (Wildman–Crippen LogP) is 8.42. The maximum absolute atomic E-state index is 14.1. The number of carbonyl (C=O) groups is 1. The molecule has 2 aromatic heterocycles. The van der Waals surface area contributed by atoms with Crippen LogP contribution in [0.4, 0.5) is 11.4 Å². The van der Waals surface area contributed by atoms with Gasteiger partial charge in [0.2, 0.25) is 0 Å². The first-order valence-electron chi connectivity index (χ1n) is 21.8. The number of hydrogen-bond acceptors (Lipinski definition) is 12. The predicted molar refractivity (Wildman–Crippen MR) is 250 cm³/mol. The topological polar surface area (TPSA) is 163 Å². The number of hydrogen-bond donors (Lipinski definition) is 2. The highest BCUT2D eigenvalue weighted by Crippen LogP contribution is 2.44. The molecule has 2 fully saturated rings. The molecule has 3 aromatic carbocycles. The molecule has 2 saturated heterocycles. The summed E-state index contributed by atoms with van der Waals surface area (Å²) in [5.41, 5.74) is 6.06. The fraction of sp³-hybridized carbons (Fsp3) is 0.404. The van der Waals surface area contributed by atoms with Crippen molar-refractivity contribution in [2.75, 3.05) is 76.2 Å². The van der Waals surface area contributed by atoms with Crippen LogP contribution in [0.1, 0.15) is 54.6 Å². The van der Waals surface area contributed by atoms with Crippen LogP contribution >= 0.6 is 23.4 Å². The minimum atomic E-state index is -4.56. The fourth-order valence-corrected chi connectivity index (χ4v) is 11.7. The van der Waals surface area contributed by atoms with E-state index in [1.54, 1.807) is 30.5 Å². The number of halogens is 1. The van der Waals surface area contributed by atoms with Gasteiger partial charge in [-0.25, -0.2) is 18.1 Å². The lowest BCUT2D eigenvalue weighted by Gasteiger charge is -2.39. The number of sulfonamides is 1. The van der Waals surface area contributed by atoms with Gasteiger partial charge in [-0.1, -0.05) is 43.2 Å². The first kappa shape index (κ1) is 44.2. The number of nitro benzene ring substituents is 1. The van der Waals surface area contributed by atoms with Crippen LogP contribution < -0.4 is 14.4 Å². The highest BCUT2D eigenvalue weighted by atomic mass is 35.5. The number of nitrogens with zero attached hydrogens (tertiary/aromatic N) is 5. The van der Waals surface area contributed by atoms with Gasteiger partial charge in [-0.3, -0.25) is 24.7 Å². The van der Waals surface area contributed by atoms with Gasteiger partial charge in [-0.2, -0.15) is 0 Å². The second-order valence-corrected chi connectivity index (χ2v) is 21.1. The lowest BCUT2D eigenvalue weighted by atomic mass is 9.72. The molecule has 0 unspecified atom stereocenters. The number of anilines is 1. The molecule has 0 saturated carbocycles. The Bertz CT molecular complexity index is 2710. The number of piperazine rings is 1. The summed E-state index contributed by atoms with van der Waals surface area (Å²) in [4.78, 5) is 40.7. The highest BCUT2D eigenvalue weighted by molar-refractivity contribution is 7.99. The number of nitro groups is 1. The fourth-order valence-electron chi connectivity index (χ4n) is 9.30. The standard InChI is InChI=1S/C47H52ClN7O7S2/c1-47(2)11-9-34(41(26-47)32-3-5-35(48)6-4-32)29-52-13-15-54(16-14-52)36-7-8-39(43(23-36)62-37-22-33-10-12-49-45(33)50-27-37)46(56)51-64(59,60)38-24-42(55(57)58)40-21-31(30-63-44(40)25-38)28-53-17-19-61-20-18-53/h3-8,10,12,22-25,27,31H,9,11,13-21,26,28-30H2,1-2H3,(H,49,50)(H,51,56)/t31-/m0/s1. The summed E-state index contributed by atoms with van der Waals surface area (Å²) in [5, 5.41) is 13.9. The summed E-state index contributed by atoms with van der Waals surface area (Å²) in [6.07, 6.45) is 6.96. The van der Waals surface area contributed by atoms with E-state index in [9.17, 15) is 23.3 Å². The molecule has 0 bridgehead atoms. The number of allylic oxidation sites excluding steroid dienone is 1. The molecular formula is C47H52ClN7O7S2. The zero-order valence-electron chi connectivity index (χ0n) is 36.0. The van der Waals surface area contributed by atoms with Gasteiger partial charge in [0.05, 0.1) is 34.8 Å². The van der Waals surface area contributed by atoms with Crippen molar-refractivity contribution in [3.63, 3.8) is 0 Å². The number of H-pyrrole nitrogens is 1. The molecule has 0 spiro atoms. The molecule has 4 aliphatic rings. The number of benzene rings is 3. The number of morpholine rings is 1. The third kappa shape index (κ3) is 9.97. The third-order valence-electron chi connectivity index (χ3n) is 12.8. The van der Waals surface area contributed by atoms with E-state index in [1.807, 2.05) is 18.2 Å². The molecule has 0 radical (unpaired) electrons. The minimum absolute atomic E-state index is 0.0187. The summed E-state index contributed by atoms with van der Waals surface area (Å²) < 4.78 is 42.0. The molecule has 9 rings (SSSR count). The first-order chi connectivity index (χ1) is 30.8. The Morgan fingerprint density at radius 2 is 1.81 bits per heavy atom. The van der Waals surface area contributed by atoms with Crippen LogP contribution in [0.3, 0.4) is 0 Å². The number of nitrogens with one attached hydrogen (secondary N) is 2. The van der Waals surface area contributed by atoms with Crippen molar-refractivity contribution < 1.29 is 27.6 Å². The van der Waals surface area contributed by atoms with Crippen molar-refractivity contribution >= 4 is 67.3 Å². The van der Waals surface area contributed by atoms with Gasteiger partial charge < -0.3 is 19.4 Å². The van der Waals surface area contributed by atoms with Crippen LogP contribution in [0.15, 0.2) is 94.5 Å². The summed E-state index contributed by atoms with van der Waals surface area (Å²) in [7, 11) is -4.56. The van der Waals surface area contributed by atoms with Crippen molar-refractivity contribution in [1.29, 1.82) is 0 Å². The first-order valence-corrected chi connectivity index (χ1v) is 24.6. The molecule has 1 atom stereocenters. The van der Waals surface area contributed by atoms with E-state index in [-0.39, 0.29) is 33.2 Å². The Kier molecular flexibility index (Phi) is 12.8. The van der Waals surface area contributed by atoms with Gasteiger partial charge in [0, 0.05) is 103 Å². The maximum Gasteiger partial charge on any atom is 0.275 e. The molecule has 1 aliphatic carbocycles. The van der Waals surface area contributed by atoms with Crippen LogP contribution in [0.25, 0.3) is 16.6 Å². The lowest BCUT2D eigenvalue weighted by Crippen LogP contribution is -2.47. The van der Waals surface area contributed by atoms with Gasteiger partial charge in [0.25, 0.3) is 21.6 Å². The molecule has 14 nitrogen and oxygen atoms in total. The summed E-state index contributed by atoms with van der Waals surface area (Å²) in [6, 6.07) is 19.5. The lowest BCUT2D eigenvalue weighted by molar-refractivity contribution is -0.386. The van der Waals surface area contributed by atoms with Crippen LogP contribution in [0.2, 0.25) is 5.02 Å². The van der Waals surface area contributed by atoms with Crippen molar-refractivity contribution in [3.8, 4) is 11.5 Å². The smallest absolute Gasteiger partial charge is 0.275 e.